The lowest BCUT2D eigenvalue weighted by atomic mass is 9.96. The van der Waals surface area contributed by atoms with Gasteiger partial charge in [-0.3, -0.25) is 4.55 Å². The largest absolute Gasteiger partial charge is 0.294 e. The van der Waals surface area contributed by atoms with Crippen LogP contribution in [0.1, 0.15) is 49.3 Å². The lowest BCUT2D eigenvalue weighted by Gasteiger charge is -2.10. The highest BCUT2D eigenvalue weighted by atomic mass is 32.2. The Kier molecular flexibility index (Phi) is 7.00. The molecule has 0 saturated heterocycles. The maximum Gasteiger partial charge on any atom is 0.294 e. The predicted octanol–water partition coefficient (Wildman–Crippen LogP) is 4.84. The fraction of sp³-hybridized carbons (Fsp3) is 0.400. The van der Waals surface area contributed by atoms with Gasteiger partial charge in [0.25, 0.3) is 10.1 Å². The van der Waals surface area contributed by atoms with Crippen molar-refractivity contribution in [2.75, 3.05) is 0 Å². The highest BCUT2D eigenvalue weighted by Gasteiger charge is 2.14. The van der Waals surface area contributed by atoms with Crippen LogP contribution in [-0.4, -0.2) is 13.0 Å². The van der Waals surface area contributed by atoms with Crippen molar-refractivity contribution in [3.63, 3.8) is 0 Å². The molecule has 0 atom stereocenters. The average molecular weight is 346 g/mol. The maximum absolute atomic E-state index is 11.4. The van der Waals surface area contributed by atoms with E-state index in [9.17, 15) is 13.0 Å². The Morgan fingerprint density at radius 3 is 1.83 bits per heavy atom. The van der Waals surface area contributed by atoms with E-state index in [0.717, 1.165) is 19.3 Å². The topological polar surface area (TPSA) is 54.4 Å². The summed E-state index contributed by atoms with van der Waals surface area (Å²) in [5.41, 5.74) is 3.43. The molecule has 0 aromatic heterocycles. The van der Waals surface area contributed by atoms with E-state index in [-0.39, 0.29) is 4.90 Å². The minimum absolute atomic E-state index is 0.0289. The first-order chi connectivity index (χ1) is 11.5. The van der Waals surface area contributed by atoms with Gasteiger partial charge in [0.15, 0.2) is 0 Å². The molecule has 0 radical (unpaired) electrons. The molecule has 0 fully saturated rings. The molecule has 0 amide bonds. The van der Waals surface area contributed by atoms with Crippen LogP contribution in [0.3, 0.4) is 0 Å². The van der Waals surface area contributed by atoms with Gasteiger partial charge in [-0.25, -0.2) is 0 Å². The van der Waals surface area contributed by atoms with Crippen LogP contribution >= 0.6 is 0 Å². The van der Waals surface area contributed by atoms with Gasteiger partial charge in [0.2, 0.25) is 0 Å². The summed E-state index contributed by atoms with van der Waals surface area (Å²) >= 11 is 0. The molecule has 0 aliphatic heterocycles. The van der Waals surface area contributed by atoms with Crippen molar-refractivity contribution in [1.29, 1.82) is 0 Å². The Hall–Kier alpha value is -1.65. The highest BCUT2D eigenvalue weighted by molar-refractivity contribution is 7.85. The average Bonchev–Trinajstić information content (AvgIpc) is 2.56. The van der Waals surface area contributed by atoms with Crippen molar-refractivity contribution in [3.8, 4) is 0 Å². The summed E-state index contributed by atoms with van der Waals surface area (Å²) in [5.74, 6) is 0. The molecule has 0 bridgehead atoms. The quantitative estimate of drug-likeness (QED) is 0.522. The van der Waals surface area contributed by atoms with Crippen LogP contribution in [-0.2, 0) is 29.4 Å². The molecular formula is C20H26O3S. The van der Waals surface area contributed by atoms with Crippen molar-refractivity contribution < 1.29 is 13.0 Å². The van der Waals surface area contributed by atoms with Crippen LogP contribution < -0.4 is 0 Å². The third-order valence-corrected chi connectivity index (χ3v) is 5.26. The molecule has 2 aromatic rings. The van der Waals surface area contributed by atoms with Crippen molar-refractivity contribution in [2.24, 2.45) is 0 Å². The van der Waals surface area contributed by atoms with Crippen LogP contribution in [0.15, 0.2) is 53.4 Å². The fourth-order valence-corrected chi connectivity index (χ4v) is 3.79. The molecule has 0 heterocycles. The SMILES string of the molecule is CCCCCc1ccccc1CCCc1ccccc1S(=O)(=O)O. The highest BCUT2D eigenvalue weighted by Crippen LogP contribution is 2.19. The van der Waals surface area contributed by atoms with Gasteiger partial charge in [-0.05, 0) is 54.9 Å². The number of aryl methyl sites for hydroxylation is 3. The molecule has 0 aliphatic rings. The molecule has 3 nitrogen and oxygen atoms in total. The van der Waals surface area contributed by atoms with E-state index < -0.39 is 10.1 Å². The predicted molar refractivity (Wildman–Crippen MR) is 98.0 cm³/mol. The lowest BCUT2D eigenvalue weighted by molar-refractivity contribution is 0.482. The Morgan fingerprint density at radius 2 is 1.25 bits per heavy atom. The van der Waals surface area contributed by atoms with Crippen molar-refractivity contribution >= 4 is 10.1 Å². The van der Waals surface area contributed by atoms with E-state index in [1.165, 1.54) is 36.5 Å². The molecule has 4 heteroatoms. The van der Waals surface area contributed by atoms with E-state index in [4.69, 9.17) is 0 Å². The van der Waals surface area contributed by atoms with Crippen LogP contribution in [0.25, 0.3) is 0 Å². The number of hydrogen-bond acceptors (Lipinski definition) is 2. The van der Waals surface area contributed by atoms with Crippen molar-refractivity contribution in [3.05, 3.63) is 65.2 Å². The summed E-state index contributed by atoms with van der Waals surface area (Å²) in [6, 6.07) is 15.2. The van der Waals surface area contributed by atoms with Gasteiger partial charge < -0.3 is 0 Å². The van der Waals surface area contributed by atoms with Crippen LogP contribution in [0.4, 0.5) is 0 Å². The zero-order valence-corrected chi connectivity index (χ0v) is 15.1. The Morgan fingerprint density at radius 1 is 0.750 bits per heavy atom. The van der Waals surface area contributed by atoms with Gasteiger partial charge in [-0.1, -0.05) is 62.2 Å². The van der Waals surface area contributed by atoms with E-state index in [2.05, 4.69) is 31.2 Å². The third kappa shape index (κ3) is 5.46. The van der Waals surface area contributed by atoms with Crippen LogP contribution in [0.2, 0.25) is 0 Å². The van der Waals surface area contributed by atoms with Gasteiger partial charge in [0.1, 0.15) is 0 Å². The third-order valence-electron chi connectivity index (χ3n) is 4.31. The lowest BCUT2D eigenvalue weighted by Crippen LogP contribution is -2.04. The molecule has 0 unspecified atom stereocenters. The zero-order chi connectivity index (χ0) is 17.4. The molecule has 130 valence electrons. The fourth-order valence-electron chi connectivity index (χ4n) is 3.04. The second-order valence-corrected chi connectivity index (χ2v) is 7.55. The first-order valence-electron chi connectivity index (χ1n) is 8.64. The van der Waals surface area contributed by atoms with Crippen molar-refractivity contribution in [2.45, 2.75) is 56.8 Å². The first kappa shape index (κ1) is 18.7. The summed E-state index contributed by atoms with van der Waals surface area (Å²) in [6.07, 6.45) is 7.19. The van der Waals surface area contributed by atoms with E-state index in [1.54, 1.807) is 12.1 Å². The van der Waals surface area contributed by atoms with E-state index in [0.29, 0.717) is 12.0 Å². The van der Waals surface area contributed by atoms with E-state index in [1.807, 2.05) is 6.07 Å². The molecular weight excluding hydrogens is 320 g/mol. The number of unbranched alkanes of at least 4 members (excludes halogenated alkanes) is 2. The molecule has 2 aromatic carbocycles. The van der Waals surface area contributed by atoms with Crippen molar-refractivity contribution in [1.82, 2.24) is 0 Å². The summed E-state index contributed by atoms with van der Waals surface area (Å²) < 4.78 is 32.2. The van der Waals surface area contributed by atoms with Gasteiger partial charge in [-0.15, -0.1) is 0 Å². The minimum Gasteiger partial charge on any atom is -0.282 e. The Bertz CT molecular complexity index is 751. The number of hydrogen-bond donors (Lipinski definition) is 1. The van der Waals surface area contributed by atoms with E-state index >= 15 is 0 Å². The molecule has 0 spiro atoms. The minimum atomic E-state index is -4.15. The molecule has 0 saturated carbocycles. The number of rotatable bonds is 9. The van der Waals surface area contributed by atoms with Gasteiger partial charge in [0, 0.05) is 0 Å². The van der Waals surface area contributed by atoms with Gasteiger partial charge in [-0.2, -0.15) is 8.42 Å². The molecule has 24 heavy (non-hydrogen) atoms. The summed E-state index contributed by atoms with van der Waals surface area (Å²) in [6.45, 7) is 2.21. The second-order valence-electron chi connectivity index (χ2n) is 6.16. The summed E-state index contributed by atoms with van der Waals surface area (Å²) in [5, 5.41) is 0. The first-order valence-corrected chi connectivity index (χ1v) is 10.1. The summed E-state index contributed by atoms with van der Waals surface area (Å²) in [4.78, 5) is 0.0289. The van der Waals surface area contributed by atoms with Crippen LogP contribution in [0, 0.1) is 0 Å². The summed E-state index contributed by atoms with van der Waals surface area (Å²) in [7, 11) is -4.15. The monoisotopic (exact) mass is 346 g/mol. The normalized spacial score (nSPS) is 11.6. The van der Waals surface area contributed by atoms with Gasteiger partial charge >= 0.3 is 0 Å². The standard InChI is InChI=1S/C20H26O3S/c1-2-3-4-10-17-11-5-6-12-18(17)14-9-15-19-13-7-8-16-20(19)24(21,22)23/h5-8,11-13,16H,2-4,9-10,14-15H2,1H3,(H,21,22,23). The van der Waals surface area contributed by atoms with Gasteiger partial charge in [0.05, 0.1) is 4.90 Å². The molecule has 1 N–H and O–H groups in total. The smallest absolute Gasteiger partial charge is 0.282 e. The molecule has 2 rings (SSSR count). The molecule has 0 aliphatic carbocycles. The number of benzene rings is 2. The van der Waals surface area contributed by atoms with Crippen LogP contribution in [0.5, 0.6) is 0 Å². The second kappa shape index (κ2) is 9.00. The Balaban J connectivity index is 2.01. The zero-order valence-electron chi connectivity index (χ0n) is 14.2. The maximum atomic E-state index is 11.4. The Labute approximate surface area is 145 Å².